The predicted octanol–water partition coefficient (Wildman–Crippen LogP) is 2.87. The number of sulfonamides is 1. The smallest absolute Gasteiger partial charge is 0.247 e. The fourth-order valence-corrected chi connectivity index (χ4v) is 6.24. The van der Waals surface area contributed by atoms with E-state index in [2.05, 4.69) is 11.8 Å². The molecule has 2 aliphatic rings. The minimum Gasteiger partial charge on any atom is -0.487 e. The average Bonchev–Trinajstić information content (AvgIpc) is 3.32. The predicted molar refractivity (Wildman–Crippen MR) is 127 cm³/mol. The molecule has 0 bridgehead atoms. The van der Waals surface area contributed by atoms with Gasteiger partial charge >= 0.3 is 0 Å². The molecule has 0 spiro atoms. The van der Waals surface area contributed by atoms with E-state index >= 15 is 0 Å². The molecule has 0 saturated heterocycles. The molecule has 0 radical (unpaired) electrons. The van der Waals surface area contributed by atoms with Gasteiger partial charge in [-0.2, -0.15) is 4.31 Å². The van der Waals surface area contributed by atoms with Crippen molar-refractivity contribution < 1.29 is 23.1 Å². The number of rotatable bonds is 5. The van der Waals surface area contributed by atoms with E-state index in [1.807, 2.05) is 13.8 Å². The van der Waals surface area contributed by atoms with Crippen LogP contribution >= 0.6 is 0 Å². The Morgan fingerprint density at radius 3 is 2.67 bits per heavy atom. The highest BCUT2D eigenvalue weighted by Crippen LogP contribution is 2.34. The van der Waals surface area contributed by atoms with Crippen LogP contribution < -0.4 is 4.74 Å². The molecular formula is C25H36N2O5S. The summed E-state index contributed by atoms with van der Waals surface area (Å²) >= 11 is 0. The van der Waals surface area contributed by atoms with E-state index in [4.69, 9.17) is 4.74 Å². The van der Waals surface area contributed by atoms with E-state index in [0.717, 1.165) is 12.8 Å². The van der Waals surface area contributed by atoms with Crippen molar-refractivity contribution in [3.05, 3.63) is 23.8 Å². The quantitative estimate of drug-likeness (QED) is 0.661. The number of aliphatic hydroxyl groups excluding tert-OH is 1. The molecule has 1 aliphatic heterocycles. The van der Waals surface area contributed by atoms with Crippen LogP contribution in [-0.4, -0.2) is 67.5 Å². The first-order chi connectivity index (χ1) is 15.7. The molecule has 3 rings (SSSR count). The zero-order chi connectivity index (χ0) is 24.2. The Bertz CT molecular complexity index is 1010. The fraction of sp³-hybridized carbons (Fsp3) is 0.640. The molecule has 7 nitrogen and oxygen atoms in total. The molecule has 1 amide bonds. The third-order valence-corrected chi connectivity index (χ3v) is 8.64. The summed E-state index contributed by atoms with van der Waals surface area (Å²) < 4.78 is 34.7. The monoisotopic (exact) mass is 476 g/mol. The van der Waals surface area contributed by atoms with Gasteiger partial charge in [0.2, 0.25) is 15.9 Å². The maximum Gasteiger partial charge on any atom is 0.247 e. The van der Waals surface area contributed by atoms with Crippen LogP contribution in [0.3, 0.4) is 0 Å². The lowest BCUT2D eigenvalue weighted by Gasteiger charge is -2.37. The van der Waals surface area contributed by atoms with Crippen molar-refractivity contribution >= 4 is 15.9 Å². The number of aliphatic hydroxyl groups is 1. The number of carbonyl (C=O) groups excluding carboxylic acids is 1. The third-order valence-electron chi connectivity index (χ3n) is 6.62. The lowest BCUT2D eigenvalue weighted by atomic mass is 10.0. The van der Waals surface area contributed by atoms with Crippen molar-refractivity contribution in [2.24, 2.45) is 11.8 Å². The Kier molecular flexibility index (Phi) is 8.43. The highest BCUT2D eigenvalue weighted by Gasteiger charge is 2.38. The van der Waals surface area contributed by atoms with E-state index in [-0.39, 0.29) is 35.6 Å². The van der Waals surface area contributed by atoms with Crippen LogP contribution in [0, 0.1) is 23.7 Å². The van der Waals surface area contributed by atoms with Crippen LogP contribution in [0.25, 0.3) is 0 Å². The molecule has 33 heavy (non-hydrogen) atoms. The summed E-state index contributed by atoms with van der Waals surface area (Å²) in [4.78, 5) is 13.9. The largest absolute Gasteiger partial charge is 0.487 e. The van der Waals surface area contributed by atoms with E-state index in [0.29, 0.717) is 24.4 Å². The van der Waals surface area contributed by atoms with Crippen LogP contribution in [0.2, 0.25) is 0 Å². The van der Waals surface area contributed by atoms with Crippen molar-refractivity contribution in [2.45, 2.75) is 69.9 Å². The molecule has 1 heterocycles. The van der Waals surface area contributed by atoms with Crippen molar-refractivity contribution in [1.29, 1.82) is 0 Å². The summed E-state index contributed by atoms with van der Waals surface area (Å²) in [5.41, 5.74) is 0.711. The lowest BCUT2D eigenvalue weighted by molar-refractivity contribution is -0.131. The summed E-state index contributed by atoms with van der Waals surface area (Å²) in [5, 5.41) is 9.74. The van der Waals surface area contributed by atoms with Gasteiger partial charge in [-0.25, -0.2) is 8.42 Å². The number of fused-ring (bicyclic) bond motifs is 1. The number of hydrogen-bond acceptors (Lipinski definition) is 5. The van der Waals surface area contributed by atoms with Crippen molar-refractivity contribution in [2.75, 3.05) is 26.7 Å². The zero-order valence-corrected chi connectivity index (χ0v) is 20.9. The van der Waals surface area contributed by atoms with E-state index in [1.54, 1.807) is 37.1 Å². The molecule has 1 aliphatic carbocycles. The van der Waals surface area contributed by atoms with Gasteiger partial charge in [-0.15, -0.1) is 0 Å². The van der Waals surface area contributed by atoms with Crippen LogP contribution in [0.15, 0.2) is 23.1 Å². The van der Waals surface area contributed by atoms with Crippen LogP contribution in [0.4, 0.5) is 0 Å². The molecule has 1 aromatic rings. The summed E-state index contributed by atoms with van der Waals surface area (Å²) in [6.45, 7) is 5.65. The number of likely N-dealkylation sites (N-methyl/N-ethyl adjacent to an activating group) is 1. The van der Waals surface area contributed by atoms with E-state index in [1.165, 1.54) is 17.1 Å². The molecule has 8 heteroatoms. The number of nitrogens with zero attached hydrogens (tertiary/aromatic N) is 2. The topological polar surface area (TPSA) is 87.2 Å². The fourth-order valence-electron chi connectivity index (χ4n) is 4.42. The van der Waals surface area contributed by atoms with Gasteiger partial charge in [-0.3, -0.25) is 4.79 Å². The molecule has 0 unspecified atom stereocenters. The Morgan fingerprint density at radius 2 is 2.03 bits per heavy atom. The minimum absolute atomic E-state index is 0.00234. The maximum atomic E-state index is 13.5. The van der Waals surface area contributed by atoms with Crippen LogP contribution in [0.1, 0.15) is 58.4 Å². The molecule has 1 fully saturated rings. The van der Waals surface area contributed by atoms with Crippen molar-refractivity contribution in [1.82, 2.24) is 9.21 Å². The Labute approximate surface area is 198 Å². The Hall–Kier alpha value is -2.08. The number of benzene rings is 1. The third kappa shape index (κ3) is 5.89. The van der Waals surface area contributed by atoms with Gasteiger partial charge in [0, 0.05) is 43.5 Å². The molecular weight excluding hydrogens is 440 g/mol. The first-order valence-corrected chi connectivity index (χ1v) is 13.3. The van der Waals surface area contributed by atoms with Crippen LogP contribution in [0.5, 0.6) is 5.75 Å². The molecule has 0 aromatic heterocycles. The Balaban J connectivity index is 2.02. The van der Waals surface area contributed by atoms with Gasteiger partial charge in [0.05, 0.1) is 13.2 Å². The molecule has 3 atom stereocenters. The molecule has 1 aromatic carbocycles. The van der Waals surface area contributed by atoms with Gasteiger partial charge in [0.15, 0.2) is 0 Å². The van der Waals surface area contributed by atoms with Crippen molar-refractivity contribution in [3.63, 3.8) is 0 Å². The van der Waals surface area contributed by atoms with Crippen molar-refractivity contribution in [3.8, 4) is 17.6 Å². The number of ether oxygens (including phenoxy) is 1. The highest BCUT2D eigenvalue weighted by atomic mass is 32.2. The minimum atomic E-state index is -3.89. The van der Waals surface area contributed by atoms with Gasteiger partial charge in [-0.1, -0.05) is 38.5 Å². The second kappa shape index (κ2) is 10.9. The summed E-state index contributed by atoms with van der Waals surface area (Å²) in [6.07, 6.45) is 4.59. The summed E-state index contributed by atoms with van der Waals surface area (Å²) in [5.74, 6) is 6.94. The van der Waals surface area contributed by atoms with Gasteiger partial charge in [0.25, 0.3) is 0 Å². The van der Waals surface area contributed by atoms with Gasteiger partial charge < -0.3 is 14.7 Å². The van der Waals surface area contributed by atoms with Gasteiger partial charge in [-0.05, 0) is 38.0 Å². The zero-order valence-electron chi connectivity index (χ0n) is 20.1. The SMILES string of the molecule is CCC(=O)N(C)C[C@@H]1Oc2cc(C#CC3CCCC3)ccc2S(=O)(=O)N([C@H](C)CO)C[C@H]1C. The first kappa shape index (κ1) is 25.5. The molecule has 182 valence electrons. The van der Waals surface area contributed by atoms with Gasteiger partial charge in [0.1, 0.15) is 16.7 Å². The summed E-state index contributed by atoms with van der Waals surface area (Å²) in [6, 6.07) is 4.38. The highest BCUT2D eigenvalue weighted by molar-refractivity contribution is 7.89. The lowest BCUT2D eigenvalue weighted by Crippen LogP contribution is -2.50. The van der Waals surface area contributed by atoms with Crippen LogP contribution in [-0.2, 0) is 14.8 Å². The number of hydrogen-bond donors (Lipinski definition) is 1. The van der Waals surface area contributed by atoms with E-state index in [9.17, 15) is 18.3 Å². The maximum absolute atomic E-state index is 13.5. The number of carbonyl (C=O) groups is 1. The second-order valence-corrected chi connectivity index (χ2v) is 11.1. The average molecular weight is 477 g/mol. The standard InChI is InChI=1S/C25H36N2O5S/c1-5-25(29)26(4)16-23-18(2)15-27(19(3)17-28)33(30,31)24-13-12-21(14-22(24)32-23)11-10-20-8-6-7-9-20/h12-14,18-20,23,28H,5-9,15-17H2,1-4H3/t18-,19-,23+/m1/s1. The normalized spacial score (nSPS) is 23.9. The molecule has 1 N–H and O–H groups in total. The van der Waals surface area contributed by atoms with E-state index < -0.39 is 22.2 Å². The summed E-state index contributed by atoms with van der Waals surface area (Å²) in [7, 11) is -2.16. The number of amides is 1. The molecule has 1 saturated carbocycles. The first-order valence-electron chi connectivity index (χ1n) is 11.9. The Morgan fingerprint density at radius 1 is 1.33 bits per heavy atom. The second-order valence-electron chi connectivity index (χ2n) is 9.28.